The summed E-state index contributed by atoms with van der Waals surface area (Å²) in [4.78, 5) is 0. The number of nitriles is 1. The lowest BCUT2D eigenvalue weighted by Crippen LogP contribution is -1.87. The van der Waals surface area contributed by atoms with Crippen molar-refractivity contribution in [1.82, 2.24) is 0 Å². The van der Waals surface area contributed by atoms with Gasteiger partial charge in [-0.3, -0.25) is 0 Å². The van der Waals surface area contributed by atoms with E-state index < -0.39 is 0 Å². The first-order chi connectivity index (χ1) is 8.61. The first kappa shape index (κ1) is 11.9. The average molecular weight is 235 g/mol. The highest BCUT2D eigenvalue weighted by Crippen LogP contribution is 2.25. The Labute approximate surface area is 106 Å². The summed E-state index contributed by atoms with van der Waals surface area (Å²) in [5.41, 5.74) is 4.58. The molecule has 0 unspecified atom stereocenters. The average Bonchev–Trinajstić information content (AvgIpc) is 2.38. The Hall–Kier alpha value is -2.53. The summed E-state index contributed by atoms with van der Waals surface area (Å²) in [6.07, 6.45) is 0. The Balaban J connectivity index is 2.45. The van der Waals surface area contributed by atoms with Gasteiger partial charge in [0.15, 0.2) is 0 Å². The fraction of sp³-hybridized carbons (Fsp3) is 0.0625. The summed E-state index contributed by atoms with van der Waals surface area (Å²) < 4.78 is 0. The Kier molecular flexibility index (Phi) is 3.16. The molecule has 0 atom stereocenters. The Morgan fingerprint density at radius 2 is 1.83 bits per heavy atom. The summed E-state index contributed by atoms with van der Waals surface area (Å²) in [5.74, 6) is 0.0736. The van der Waals surface area contributed by atoms with Crippen molar-refractivity contribution < 1.29 is 5.11 Å². The van der Waals surface area contributed by atoms with Crippen LogP contribution in [0.15, 0.2) is 49.0 Å². The molecule has 18 heavy (non-hydrogen) atoms. The van der Waals surface area contributed by atoms with Gasteiger partial charge in [-0.25, -0.2) is 0 Å². The van der Waals surface area contributed by atoms with Crippen molar-refractivity contribution in [3.63, 3.8) is 0 Å². The molecule has 1 N–H and O–H groups in total. The predicted molar refractivity (Wildman–Crippen MR) is 73.0 cm³/mol. The molecule has 0 saturated heterocycles. The highest BCUT2D eigenvalue weighted by molar-refractivity contribution is 5.71. The van der Waals surface area contributed by atoms with Crippen molar-refractivity contribution in [1.29, 1.82) is 5.26 Å². The van der Waals surface area contributed by atoms with Crippen LogP contribution < -0.4 is 0 Å². The topological polar surface area (TPSA) is 44.0 Å². The van der Waals surface area contributed by atoms with Gasteiger partial charge in [0.2, 0.25) is 0 Å². The molecule has 2 heteroatoms. The highest BCUT2D eigenvalue weighted by atomic mass is 16.3. The van der Waals surface area contributed by atoms with E-state index in [9.17, 15) is 5.11 Å². The summed E-state index contributed by atoms with van der Waals surface area (Å²) in [6.45, 7) is 5.50. The first-order valence-corrected chi connectivity index (χ1v) is 5.61. The van der Waals surface area contributed by atoms with Gasteiger partial charge in [0.1, 0.15) is 5.76 Å². The predicted octanol–water partition coefficient (Wildman–Crippen LogP) is 4.06. The molecule has 0 aliphatic heterocycles. The maximum Gasteiger partial charge on any atom is 0.115 e. The van der Waals surface area contributed by atoms with E-state index in [2.05, 4.69) is 12.6 Å². The number of aliphatic hydroxyl groups excluding tert-OH is 1. The Bertz CT molecular complexity index is 633. The number of hydrogen-bond acceptors (Lipinski definition) is 2. The molecule has 2 aromatic rings. The fourth-order valence-electron chi connectivity index (χ4n) is 1.89. The summed E-state index contributed by atoms with van der Waals surface area (Å²) in [5, 5.41) is 18.1. The van der Waals surface area contributed by atoms with Crippen molar-refractivity contribution in [2.24, 2.45) is 0 Å². The van der Waals surface area contributed by atoms with Crippen molar-refractivity contribution in [3.05, 3.63) is 65.7 Å². The molecule has 0 spiro atoms. The molecule has 88 valence electrons. The standard InChI is InChI=1S/C16H13NO/c1-11-9-15(12(2)18)7-8-16(11)14-5-3-13(10-17)4-6-14/h3-9,18H,2H2,1H3. The third kappa shape index (κ3) is 2.26. The van der Waals surface area contributed by atoms with E-state index in [1.54, 1.807) is 12.1 Å². The molecule has 0 saturated carbocycles. The second-order valence-electron chi connectivity index (χ2n) is 4.17. The largest absolute Gasteiger partial charge is 0.508 e. The van der Waals surface area contributed by atoms with Crippen LogP contribution in [0.25, 0.3) is 16.9 Å². The fourth-order valence-corrected chi connectivity index (χ4v) is 1.89. The van der Waals surface area contributed by atoms with Gasteiger partial charge in [-0.15, -0.1) is 0 Å². The third-order valence-corrected chi connectivity index (χ3v) is 2.88. The van der Waals surface area contributed by atoms with Gasteiger partial charge in [-0.1, -0.05) is 30.8 Å². The lowest BCUT2D eigenvalue weighted by atomic mass is 9.97. The number of benzene rings is 2. The van der Waals surface area contributed by atoms with Crippen LogP contribution in [0.5, 0.6) is 0 Å². The van der Waals surface area contributed by atoms with E-state index in [1.165, 1.54) is 0 Å². The van der Waals surface area contributed by atoms with E-state index in [4.69, 9.17) is 5.26 Å². The molecule has 0 aliphatic rings. The van der Waals surface area contributed by atoms with Crippen molar-refractivity contribution in [2.45, 2.75) is 6.92 Å². The summed E-state index contributed by atoms with van der Waals surface area (Å²) >= 11 is 0. The van der Waals surface area contributed by atoms with Crippen LogP contribution >= 0.6 is 0 Å². The first-order valence-electron chi connectivity index (χ1n) is 5.61. The van der Waals surface area contributed by atoms with Crippen LogP contribution in [0.1, 0.15) is 16.7 Å². The Morgan fingerprint density at radius 3 is 2.33 bits per heavy atom. The quantitative estimate of drug-likeness (QED) is 0.797. The summed E-state index contributed by atoms with van der Waals surface area (Å²) in [6, 6.07) is 15.2. The molecule has 2 nitrogen and oxygen atoms in total. The maximum absolute atomic E-state index is 9.35. The minimum atomic E-state index is 0.0736. The second-order valence-corrected chi connectivity index (χ2v) is 4.17. The van der Waals surface area contributed by atoms with E-state index in [-0.39, 0.29) is 5.76 Å². The zero-order valence-electron chi connectivity index (χ0n) is 10.1. The van der Waals surface area contributed by atoms with Gasteiger partial charge < -0.3 is 5.11 Å². The van der Waals surface area contributed by atoms with Crippen LogP contribution in [0.3, 0.4) is 0 Å². The molecule has 0 amide bonds. The number of nitrogens with zero attached hydrogens (tertiary/aromatic N) is 1. The van der Waals surface area contributed by atoms with Gasteiger partial charge in [0.05, 0.1) is 11.6 Å². The molecule has 0 bridgehead atoms. The van der Waals surface area contributed by atoms with Crippen molar-refractivity contribution in [2.75, 3.05) is 0 Å². The lowest BCUT2D eigenvalue weighted by Gasteiger charge is -2.08. The van der Waals surface area contributed by atoms with Gasteiger partial charge in [0, 0.05) is 5.56 Å². The Morgan fingerprint density at radius 1 is 1.17 bits per heavy atom. The minimum Gasteiger partial charge on any atom is -0.508 e. The number of aliphatic hydroxyl groups is 1. The van der Waals surface area contributed by atoms with Gasteiger partial charge in [-0.2, -0.15) is 5.26 Å². The van der Waals surface area contributed by atoms with Crippen molar-refractivity contribution in [3.8, 4) is 17.2 Å². The van der Waals surface area contributed by atoms with Gasteiger partial charge in [-0.05, 0) is 41.8 Å². The van der Waals surface area contributed by atoms with Crippen LogP contribution in [-0.4, -0.2) is 5.11 Å². The van der Waals surface area contributed by atoms with E-state index in [0.29, 0.717) is 5.56 Å². The monoisotopic (exact) mass is 235 g/mol. The SMILES string of the molecule is C=C(O)c1ccc(-c2ccc(C#N)cc2)c(C)c1. The molecule has 0 heterocycles. The smallest absolute Gasteiger partial charge is 0.115 e. The van der Waals surface area contributed by atoms with E-state index >= 15 is 0 Å². The maximum atomic E-state index is 9.35. The van der Waals surface area contributed by atoms with Crippen molar-refractivity contribution >= 4 is 5.76 Å². The zero-order valence-corrected chi connectivity index (χ0v) is 10.1. The van der Waals surface area contributed by atoms with Crippen LogP contribution in [0.4, 0.5) is 0 Å². The summed E-state index contributed by atoms with van der Waals surface area (Å²) in [7, 11) is 0. The second kappa shape index (κ2) is 4.77. The van der Waals surface area contributed by atoms with Crippen LogP contribution in [0, 0.1) is 18.3 Å². The molecule has 0 radical (unpaired) electrons. The zero-order chi connectivity index (χ0) is 13.1. The third-order valence-electron chi connectivity index (χ3n) is 2.88. The molecular formula is C16H13NO. The molecule has 2 aromatic carbocycles. The number of rotatable bonds is 2. The van der Waals surface area contributed by atoms with Crippen LogP contribution in [0.2, 0.25) is 0 Å². The molecule has 0 fully saturated rings. The number of hydrogen-bond donors (Lipinski definition) is 1. The number of aryl methyl sites for hydroxylation is 1. The van der Waals surface area contributed by atoms with E-state index in [1.807, 2.05) is 37.3 Å². The molecule has 0 aromatic heterocycles. The lowest BCUT2D eigenvalue weighted by molar-refractivity contribution is 0.514. The van der Waals surface area contributed by atoms with Gasteiger partial charge >= 0.3 is 0 Å². The van der Waals surface area contributed by atoms with Gasteiger partial charge in [0.25, 0.3) is 0 Å². The van der Waals surface area contributed by atoms with Crippen LogP contribution in [-0.2, 0) is 0 Å². The van der Waals surface area contributed by atoms with E-state index in [0.717, 1.165) is 22.3 Å². The molecule has 0 aliphatic carbocycles. The normalized spacial score (nSPS) is 9.78. The molecule has 2 rings (SSSR count). The minimum absolute atomic E-state index is 0.0736. The molecular weight excluding hydrogens is 222 g/mol. The highest BCUT2D eigenvalue weighted by Gasteiger charge is 2.04.